The summed E-state index contributed by atoms with van der Waals surface area (Å²) in [6.45, 7) is 1.78. The molecule has 222 valence electrons. The third kappa shape index (κ3) is 5.78. The van der Waals surface area contributed by atoms with Crippen LogP contribution < -0.4 is 20.2 Å². The summed E-state index contributed by atoms with van der Waals surface area (Å²) in [7, 11) is 0. The fraction of sp³-hybridized carbons (Fsp3) is 0.0625. The van der Waals surface area contributed by atoms with Gasteiger partial charge in [-0.2, -0.15) is 4.68 Å². The molecule has 3 aromatic carbocycles. The summed E-state index contributed by atoms with van der Waals surface area (Å²) in [6, 6.07) is 28.7. The highest BCUT2D eigenvalue weighted by Crippen LogP contribution is 2.32. The number of amides is 1. The average molecular weight is 652 g/mol. The summed E-state index contributed by atoms with van der Waals surface area (Å²) >= 11 is 8.68. The minimum absolute atomic E-state index is 0.296. The molecule has 1 atom stereocenters. The molecule has 13 heteroatoms. The van der Waals surface area contributed by atoms with Gasteiger partial charge in [-0.25, -0.2) is 4.99 Å². The molecule has 1 amide bonds. The first-order chi connectivity index (χ1) is 21.9. The van der Waals surface area contributed by atoms with Crippen molar-refractivity contribution >= 4 is 52.4 Å². The second kappa shape index (κ2) is 12.2. The van der Waals surface area contributed by atoms with Gasteiger partial charge in [-0.15, -0.1) is 5.10 Å². The van der Waals surface area contributed by atoms with E-state index in [0.29, 0.717) is 47.3 Å². The number of aromatic nitrogens is 5. The Hall–Kier alpha value is -5.04. The van der Waals surface area contributed by atoms with Crippen molar-refractivity contribution in [2.75, 3.05) is 5.32 Å². The van der Waals surface area contributed by atoms with E-state index in [1.54, 1.807) is 58.6 Å². The number of carbonyl (C=O) groups is 1. The quantitative estimate of drug-likeness (QED) is 0.250. The van der Waals surface area contributed by atoms with Crippen LogP contribution in [0.15, 0.2) is 133 Å². The van der Waals surface area contributed by atoms with Crippen molar-refractivity contribution in [3.05, 3.63) is 144 Å². The summed E-state index contributed by atoms with van der Waals surface area (Å²) in [6.07, 6.45) is 1.68. The molecule has 1 N–H and O–H groups in total. The minimum atomic E-state index is -0.719. The van der Waals surface area contributed by atoms with Gasteiger partial charge in [0.05, 0.1) is 27.5 Å². The molecule has 0 radical (unpaired) electrons. The lowest BCUT2D eigenvalue weighted by Crippen LogP contribution is -2.40. The second-order valence-corrected chi connectivity index (χ2v) is 12.3. The Labute approximate surface area is 269 Å². The van der Waals surface area contributed by atoms with Crippen LogP contribution in [0.1, 0.15) is 24.3 Å². The number of thiazole rings is 1. The third-order valence-corrected chi connectivity index (χ3v) is 9.09. The summed E-state index contributed by atoms with van der Waals surface area (Å²) in [5.41, 5.74) is 2.78. The molecule has 0 aliphatic carbocycles. The molecule has 0 fully saturated rings. The molecule has 10 nitrogen and oxygen atoms in total. The van der Waals surface area contributed by atoms with Crippen LogP contribution in [0.2, 0.25) is 5.02 Å². The first-order valence-corrected chi connectivity index (χ1v) is 15.7. The summed E-state index contributed by atoms with van der Waals surface area (Å²) in [5, 5.41) is 16.6. The first kappa shape index (κ1) is 28.7. The van der Waals surface area contributed by atoms with Crippen LogP contribution in [0.25, 0.3) is 11.8 Å². The number of furan rings is 1. The van der Waals surface area contributed by atoms with Gasteiger partial charge in [-0.1, -0.05) is 71.5 Å². The van der Waals surface area contributed by atoms with Crippen LogP contribution in [-0.2, 0) is 4.79 Å². The number of hydrogen-bond donors (Lipinski definition) is 1. The van der Waals surface area contributed by atoms with Crippen molar-refractivity contribution in [2.24, 2.45) is 4.99 Å². The Kier molecular flexibility index (Phi) is 7.76. The molecule has 45 heavy (non-hydrogen) atoms. The van der Waals surface area contributed by atoms with Gasteiger partial charge >= 0.3 is 0 Å². The lowest BCUT2D eigenvalue weighted by Gasteiger charge is -2.25. The molecule has 1 aliphatic heterocycles. The monoisotopic (exact) mass is 651 g/mol. The number of allylic oxidation sites excluding steroid dienone is 1. The van der Waals surface area contributed by atoms with Crippen LogP contribution >= 0.6 is 34.7 Å². The van der Waals surface area contributed by atoms with Crippen molar-refractivity contribution in [3.8, 4) is 5.69 Å². The highest BCUT2D eigenvalue weighted by Gasteiger charge is 2.32. The fourth-order valence-electron chi connectivity index (χ4n) is 4.95. The standard InChI is InChI=1S/C32H22ClN7O3S2/c1-19-27(29(41)35-22-8-4-2-5-9-22)28(20-12-14-21(33)15-13-20)39-30(42)25(44-31(39)34-19)18-24-16-17-26(43-24)45-32-36-37-38-40(32)23-10-6-3-7-11-23/h2-18,28H,1H3,(H,35,41)/b25-18-/t28-/m1/s1. The van der Waals surface area contributed by atoms with Crippen molar-refractivity contribution in [3.63, 3.8) is 0 Å². The Morgan fingerprint density at radius 3 is 2.49 bits per heavy atom. The van der Waals surface area contributed by atoms with E-state index in [0.717, 1.165) is 11.3 Å². The molecule has 7 rings (SSSR count). The van der Waals surface area contributed by atoms with Crippen LogP contribution in [-0.4, -0.2) is 30.7 Å². The predicted octanol–water partition coefficient (Wildman–Crippen LogP) is 5.25. The van der Waals surface area contributed by atoms with Gasteiger partial charge < -0.3 is 9.73 Å². The van der Waals surface area contributed by atoms with E-state index in [9.17, 15) is 9.59 Å². The zero-order chi connectivity index (χ0) is 30.9. The van der Waals surface area contributed by atoms with E-state index in [-0.39, 0.29) is 11.5 Å². The number of rotatable bonds is 7. The number of carbonyl (C=O) groups excluding carboxylic acids is 1. The zero-order valence-electron chi connectivity index (χ0n) is 23.5. The molecular weight excluding hydrogens is 630 g/mol. The van der Waals surface area contributed by atoms with Crippen molar-refractivity contribution < 1.29 is 9.21 Å². The number of benzene rings is 3. The largest absolute Gasteiger partial charge is 0.450 e. The number of fused-ring (bicyclic) bond motifs is 1. The van der Waals surface area contributed by atoms with Crippen LogP contribution in [0, 0.1) is 0 Å². The Morgan fingerprint density at radius 1 is 1.00 bits per heavy atom. The van der Waals surface area contributed by atoms with Crippen LogP contribution in [0.3, 0.4) is 0 Å². The molecular formula is C32H22ClN7O3S2. The summed E-state index contributed by atoms with van der Waals surface area (Å²) in [4.78, 5) is 32.8. The number of nitrogens with one attached hydrogen (secondary N) is 1. The van der Waals surface area contributed by atoms with Gasteiger partial charge in [-0.3, -0.25) is 14.2 Å². The number of anilines is 1. The van der Waals surface area contributed by atoms with Gasteiger partial charge in [0.1, 0.15) is 5.76 Å². The number of para-hydroxylation sites is 2. The molecule has 1 aliphatic rings. The van der Waals surface area contributed by atoms with Gasteiger partial charge in [0.25, 0.3) is 11.5 Å². The second-order valence-electron chi connectivity index (χ2n) is 9.92. The maximum atomic E-state index is 14.0. The van der Waals surface area contributed by atoms with Crippen LogP contribution in [0.4, 0.5) is 5.69 Å². The number of tetrazole rings is 1. The molecule has 6 aromatic rings. The summed E-state index contributed by atoms with van der Waals surface area (Å²) < 4.78 is 9.63. The Morgan fingerprint density at radius 2 is 1.73 bits per heavy atom. The number of hydrogen-bond acceptors (Lipinski definition) is 9. The number of nitrogens with zero attached hydrogens (tertiary/aromatic N) is 6. The SMILES string of the molecule is CC1=C(C(=O)Nc2ccccc2)[C@@H](c2ccc(Cl)cc2)n2c(s/c(=C\c3ccc(Sc4nnnn4-c4ccccc4)o3)c2=O)=N1. The van der Waals surface area contributed by atoms with E-state index >= 15 is 0 Å². The van der Waals surface area contributed by atoms with E-state index in [2.05, 4.69) is 20.8 Å². The predicted molar refractivity (Wildman–Crippen MR) is 172 cm³/mol. The normalized spacial score (nSPS) is 14.7. The topological polar surface area (TPSA) is 120 Å². The molecule has 0 bridgehead atoms. The van der Waals surface area contributed by atoms with Crippen molar-refractivity contribution in [2.45, 2.75) is 23.2 Å². The molecule has 0 unspecified atom stereocenters. The van der Waals surface area contributed by atoms with Gasteiger partial charge in [0, 0.05) is 16.8 Å². The van der Waals surface area contributed by atoms with E-state index < -0.39 is 6.04 Å². The smallest absolute Gasteiger partial charge is 0.271 e. The highest BCUT2D eigenvalue weighted by atomic mass is 35.5. The lowest BCUT2D eigenvalue weighted by molar-refractivity contribution is -0.113. The lowest BCUT2D eigenvalue weighted by atomic mass is 9.95. The molecule has 4 heterocycles. The molecule has 0 saturated carbocycles. The van der Waals surface area contributed by atoms with Gasteiger partial charge in [0.2, 0.25) is 5.16 Å². The Balaban J connectivity index is 1.24. The van der Waals surface area contributed by atoms with Crippen molar-refractivity contribution in [1.82, 2.24) is 24.8 Å². The maximum Gasteiger partial charge on any atom is 0.271 e. The van der Waals surface area contributed by atoms with Gasteiger partial charge in [0.15, 0.2) is 9.89 Å². The van der Waals surface area contributed by atoms with Gasteiger partial charge in [-0.05, 0) is 83.2 Å². The molecule has 3 aromatic heterocycles. The molecule has 0 spiro atoms. The van der Waals surface area contributed by atoms with E-state index in [1.165, 1.54) is 23.1 Å². The number of halogens is 1. The average Bonchev–Trinajstić information content (AvgIpc) is 3.77. The molecule has 0 saturated heterocycles. The maximum absolute atomic E-state index is 14.0. The van der Waals surface area contributed by atoms with Crippen LogP contribution in [0.5, 0.6) is 0 Å². The minimum Gasteiger partial charge on any atom is -0.450 e. The fourth-order valence-corrected chi connectivity index (χ4v) is 6.86. The highest BCUT2D eigenvalue weighted by molar-refractivity contribution is 7.99. The first-order valence-electron chi connectivity index (χ1n) is 13.7. The third-order valence-electron chi connectivity index (χ3n) is 6.99. The van der Waals surface area contributed by atoms with E-state index in [4.69, 9.17) is 21.0 Å². The summed E-state index contributed by atoms with van der Waals surface area (Å²) in [5.74, 6) is 0.129. The zero-order valence-corrected chi connectivity index (χ0v) is 25.9. The Bertz CT molecular complexity index is 2240. The van der Waals surface area contributed by atoms with Crippen molar-refractivity contribution in [1.29, 1.82) is 0 Å². The van der Waals surface area contributed by atoms with E-state index in [1.807, 2.05) is 60.7 Å².